The molecule has 1 N–H and O–H groups in total. The summed E-state index contributed by atoms with van der Waals surface area (Å²) in [6, 6.07) is 0.224. The lowest BCUT2D eigenvalue weighted by Gasteiger charge is -2.28. The monoisotopic (exact) mass is 271 g/mol. The molecule has 2 heterocycles. The highest BCUT2D eigenvalue weighted by Crippen LogP contribution is 2.37. The molecule has 0 aromatic carbocycles. The van der Waals surface area contributed by atoms with Crippen molar-refractivity contribution in [2.45, 2.75) is 38.8 Å². The number of rotatable bonds is 5. The molecule has 0 spiro atoms. The van der Waals surface area contributed by atoms with Crippen molar-refractivity contribution in [2.75, 3.05) is 13.2 Å². The minimum absolute atomic E-state index is 0.224. The minimum Gasteiger partial charge on any atom is -0.378 e. The first-order valence-electron chi connectivity index (χ1n) is 6.71. The molecule has 1 aromatic rings. The van der Waals surface area contributed by atoms with Gasteiger partial charge in [-0.3, -0.25) is 4.68 Å². The number of hydrogen-bond donors (Lipinski definition) is 1. The van der Waals surface area contributed by atoms with Crippen molar-refractivity contribution in [3.63, 3.8) is 0 Å². The van der Waals surface area contributed by atoms with Gasteiger partial charge in [-0.1, -0.05) is 25.4 Å². The van der Waals surface area contributed by atoms with Gasteiger partial charge in [-0.15, -0.1) is 0 Å². The normalized spacial score (nSPS) is 25.6. The number of nitrogens with one attached hydrogen (secondary N) is 1. The molecule has 1 saturated heterocycles. The number of aryl methyl sites for hydroxylation is 1. The molecule has 1 aromatic heterocycles. The molecule has 102 valence electrons. The van der Waals surface area contributed by atoms with Gasteiger partial charge in [0.1, 0.15) is 0 Å². The summed E-state index contributed by atoms with van der Waals surface area (Å²) in [5.41, 5.74) is 1.08. The molecule has 3 unspecified atom stereocenters. The van der Waals surface area contributed by atoms with E-state index in [4.69, 9.17) is 16.3 Å². The van der Waals surface area contributed by atoms with E-state index in [-0.39, 0.29) is 6.04 Å². The first-order chi connectivity index (χ1) is 8.69. The summed E-state index contributed by atoms with van der Waals surface area (Å²) in [5, 5.41) is 8.53. The molecule has 0 bridgehead atoms. The van der Waals surface area contributed by atoms with Crippen molar-refractivity contribution in [2.24, 2.45) is 13.0 Å². The van der Waals surface area contributed by atoms with Gasteiger partial charge in [0.05, 0.1) is 29.1 Å². The maximum atomic E-state index is 6.28. The topological polar surface area (TPSA) is 39.1 Å². The molecule has 1 fully saturated rings. The third-order valence-electron chi connectivity index (χ3n) is 3.75. The largest absolute Gasteiger partial charge is 0.378 e. The third kappa shape index (κ3) is 2.56. The van der Waals surface area contributed by atoms with Gasteiger partial charge in [0.25, 0.3) is 0 Å². The Hall–Kier alpha value is -0.580. The highest BCUT2D eigenvalue weighted by Gasteiger charge is 2.36. The summed E-state index contributed by atoms with van der Waals surface area (Å²) in [6.07, 6.45) is 4.16. The Morgan fingerprint density at radius 2 is 2.39 bits per heavy atom. The number of halogens is 1. The van der Waals surface area contributed by atoms with Crippen molar-refractivity contribution >= 4 is 11.6 Å². The zero-order valence-corrected chi connectivity index (χ0v) is 12.1. The Kier molecular flexibility index (Phi) is 4.65. The molecule has 4 nitrogen and oxygen atoms in total. The predicted molar refractivity (Wildman–Crippen MR) is 72.8 cm³/mol. The van der Waals surface area contributed by atoms with Crippen molar-refractivity contribution in [3.8, 4) is 0 Å². The highest BCUT2D eigenvalue weighted by atomic mass is 35.5. The van der Waals surface area contributed by atoms with Crippen LogP contribution in [0.4, 0.5) is 0 Å². The maximum absolute atomic E-state index is 6.28. The maximum Gasteiger partial charge on any atom is 0.0834 e. The van der Waals surface area contributed by atoms with Crippen LogP contribution in [0.1, 0.15) is 38.4 Å². The number of nitrogens with zero attached hydrogens (tertiary/aromatic N) is 2. The zero-order valence-electron chi connectivity index (χ0n) is 11.3. The smallest absolute Gasteiger partial charge is 0.0834 e. The Morgan fingerprint density at radius 3 is 2.94 bits per heavy atom. The molecule has 18 heavy (non-hydrogen) atoms. The molecule has 2 rings (SSSR count). The fourth-order valence-corrected chi connectivity index (χ4v) is 3.19. The van der Waals surface area contributed by atoms with Gasteiger partial charge < -0.3 is 10.1 Å². The first-order valence-corrected chi connectivity index (χ1v) is 7.09. The average molecular weight is 272 g/mol. The van der Waals surface area contributed by atoms with E-state index in [1.54, 1.807) is 6.20 Å². The van der Waals surface area contributed by atoms with Crippen molar-refractivity contribution in [1.82, 2.24) is 15.1 Å². The van der Waals surface area contributed by atoms with Crippen LogP contribution in [-0.2, 0) is 11.8 Å². The van der Waals surface area contributed by atoms with Crippen LogP contribution >= 0.6 is 11.6 Å². The summed E-state index contributed by atoms with van der Waals surface area (Å²) in [4.78, 5) is 0. The summed E-state index contributed by atoms with van der Waals surface area (Å²) in [6.45, 7) is 6.06. The SMILES string of the molecule is CCNC(c1c(Cl)cnn1C)C1CCOC1CC. The Morgan fingerprint density at radius 1 is 1.61 bits per heavy atom. The van der Waals surface area contributed by atoms with E-state index in [9.17, 15) is 0 Å². The third-order valence-corrected chi connectivity index (χ3v) is 4.04. The Balaban J connectivity index is 2.28. The lowest BCUT2D eigenvalue weighted by atomic mass is 9.89. The van der Waals surface area contributed by atoms with E-state index >= 15 is 0 Å². The van der Waals surface area contributed by atoms with Crippen LogP contribution in [0.3, 0.4) is 0 Å². The molecular formula is C13H22ClN3O. The highest BCUT2D eigenvalue weighted by molar-refractivity contribution is 6.31. The Labute approximate surface area is 114 Å². The van der Waals surface area contributed by atoms with Crippen LogP contribution in [0.5, 0.6) is 0 Å². The van der Waals surface area contributed by atoms with Gasteiger partial charge in [0, 0.05) is 19.6 Å². The lowest BCUT2D eigenvalue weighted by Crippen LogP contribution is -2.34. The molecule has 0 radical (unpaired) electrons. The van der Waals surface area contributed by atoms with Crippen LogP contribution in [0.25, 0.3) is 0 Å². The second kappa shape index (κ2) is 6.04. The van der Waals surface area contributed by atoms with E-state index in [0.29, 0.717) is 12.0 Å². The first kappa shape index (κ1) is 13.8. The van der Waals surface area contributed by atoms with Gasteiger partial charge in [0.15, 0.2) is 0 Å². The number of aromatic nitrogens is 2. The van der Waals surface area contributed by atoms with E-state index < -0.39 is 0 Å². The molecule has 1 aliphatic heterocycles. The molecule has 1 aliphatic rings. The average Bonchev–Trinajstić information content (AvgIpc) is 2.94. The van der Waals surface area contributed by atoms with Crippen LogP contribution in [0, 0.1) is 5.92 Å². The van der Waals surface area contributed by atoms with Crippen LogP contribution in [0.2, 0.25) is 5.02 Å². The second-order valence-electron chi connectivity index (χ2n) is 4.81. The van der Waals surface area contributed by atoms with E-state index in [0.717, 1.165) is 36.7 Å². The second-order valence-corrected chi connectivity index (χ2v) is 5.21. The summed E-state index contributed by atoms with van der Waals surface area (Å²) < 4.78 is 7.68. The van der Waals surface area contributed by atoms with E-state index in [2.05, 4.69) is 24.3 Å². The fourth-order valence-electron chi connectivity index (χ4n) is 2.91. The lowest BCUT2D eigenvalue weighted by molar-refractivity contribution is 0.0767. The van der Waals surface area contributed by atoms with Crippen molar-refractivity contribution < 1.29 is 4.74 Å². The van der Waals surface area contributed by atoms with Crippen molar-refractivity contribution in [3.05, 3.63) is 16.9 Å². The van der Waals surface area contributed by atoms with Crippen molar-refractivity contribution in [1.29, 1.82) is 0 Å². The van der Waals surface area contributed by atoms with Gasteiger partial charge >= 0.3 is 0 Å². The molecule has 0 aliphatic carbocycles. The van der Waals surface area contributed by atoms with E-state index in [1.807, 2.05) is 11.7 Å². The number of ether oxygens (including phenoxy) is 1. The number of hydrogen-bond acceptors (Lipinski definition) is 3. The van der Waals surface area contributed by atoms with Crippen LogP contribution in [-0.4, -0.2) is 29.0 Å². The summed E-state index contributed by atoms with van der Waals surface area (Å²) >= 11 is 6.28. The molecular weight excluding hydrogens is 250 g/mol. The standard InChI is InChI=1S/C13H22ClN3O/c1-4-11-9(6-7-18-11)12(15-5-2)13-10(14)8-16-17(13)3/h8-9,11-12,15H,4-7H2,1-3H3. The van der Waals surface area contributed by atoms with Gasteiger partial charge in [0.2, 0.25) is 0 Å². The van der Waals surface area contributed by atoms with Gasteiger partial charge in [-0.2, -0.15) is 5.10 Å². The minimum atomic E-state index is 0.224. The van der Waals surface area contributed by atoms with E-state index in [1.165, 1.54) is 0 Å². The van der Waals surface area contributed by atoms with Crippen LogP contribution < -0.4 is 5.32 Å². The molecule has 0 amide bonds. The summed E-state index contributed by atoms with van der Waals surface area (Å²) in [5.74, 6) is 0.475. The zero-order chi connectivity index (χ0) is 13.1. The molecule has 5 heteroatoms. The fraction of sp³-hybridized carbons (Fsp3) is 0.769. The van der Waals surface area contributed by atoms with Gasteiger partial charge in [-0.25, -0.2) is 0 Å². The quantitative estimate of drug-likeness (QED) is 0.895. The molecule has 3 atom stereocenters. The van der Waals surface area contributed by atoms with Gasteiger partial charge in [-0.05, 0) is 19.4 Å². The predicted octanol–water partition coefficient (Wildman–Crippen LogP) is 2.54. The summed E-state index contributed by atoms with van der Waals surface area (Å²) in [7, 11) is 1.95. The molecule has 0 saturated carbocycles. The van der Waals surface area contributed by atoms with Crippen LogP contribution in [0.15, 0.2) is 6.20 Å². The Bertz CT molecular complexity index is 374.